The first-order chi connectivity index (χ1) is 17.4. The number of carboxylic acid groups (broad SMARTS) is 1. The Morgan fingerprint density at radius 2 is 1.81 bits per heavy atom. The van der Waals surface area contributed by atoms with Gasteiger partial charge in [0, 0.05) is 23.2 Å². The van der Waals surface area contributed by atoms with Crippen LogP contribution in [0.15, 0.2) is 66.9 Å². The van der Waals surface area contributed by atoms with Crippen molar-refractivity contribution in [3.63, 3.8) is 0 Å². The number of nitrogens with zero attached hydrogens (tertiary/aromatic N) is 1. The van der Waals surface area contributed by atoms with Crippen molar-refractivity contribution in [3.05, 3.63) is 94.1 Å². The minimum Gasteiger partial charge on any atom is -0.486 e. The van der Waals surface area contributed by atoms with Gasteiger partial charge in [-0.25, -0.2) is 4.79 Å². The number of carbonyl (C=O) groups is 2. The number of carbonyl (C=O) groups excluding carboxylic acids is 1. The number of aromatic nitrogens is 1. The highest BCUT2D eigenvalue weighted by atomic mass is 35.5. The summed E-state index contributed by atoms with van der Waals surface area (Å²) in [6.45, 7) is 1.40. The van der Waals surface area contributed by atoms with E-state index in [1.54, 1.807) is 30.3 Å². The maximum atomic E-state index is 13.8. The van der Waals surface area contributed by atoms with Crippen LogP contribution in [0.3, 0.4) is 0 Å². The summed E-state index contributed by atoms with van der Waals surface area (Å²) in [5.74, 6) is -0.00417. The lowest BCUT2D eigenvalue weighted by molar-refractivity contribution is 0.0696. The number of fused-ring (bicyclic) bond motifs is 3. The van der Waals surface area contributed by atoms with Gasteiger partial charge in [-0.3, -0.25) is 4.79 Å². The first-order valence-electron chi connectivity index (χ1n) is 11.8. The van der Waals surface area contributed by atoms with Gasteiger partial charge in [-0.1, -0.05) is 35.9 Å². The van der Waals surface area contributed by atoms with Crippen LogP contribution in [-0.4, -0.2) is 34.8 Å². The molecule has 0 saturated heterocycles. The number of nitrogens with one attached hydrogen (secondary N) is 1. The Kier molecular flexibility index (Phi) is 5.38. The number of rotatable bonds is 6. The Balaban J connectivity index is 1.39. The van der Waals surface area contributed by atoms with Crippen molar-refractivity contribution in [2.75, 3.05) is 13.2 Å². The van der Waals surface area contributed by atoms with Crippen molar-refractivity contribution < 1.29 is 24.2 Å². The summed E-state index contributed by atoms with van der Waals surface area (Å²) in [6.07, 6.45) is 3.50. The van der Waals surface area contributed by atoms with Crippen LogP contribution in [0.1, 0.15) is 44.7 Å². The van der Waals surface area contributed by atoms with Gasteiger partial charge in [0.05, 0.1) is 22.2 Å². The summed E-state index contributed by atoms with van der Waals surface area (Å²) in [7, 11) is 0. The van der Waals surface area contributed by atoms with E-state index in [9.17, 15) is 14.7 Å². The molecule has 0 radical (unpaired) electrons. The summed E-state index contributed by atoms with van der Waals surface area (Å²) in [4.78, 5) is 25.0. The van der Waals surface area contributed by atoms with Crippen molar-refractivity contribution in [1.82, 2.24) is 9.88 Å². The second-order valence-corrected chi connectivity index (χ2v) is 9.64. The van der Waals surface area contributed by atoms with Gasteiger partial charge in [0.25, 0.3) is 5.91 Å². The predicted octanol–water partition coefficient (Wildman–Crippen LogP) is 5.23. The normalized spacial score (nSPS) is 15.5. The largest absolute Gasteiger partial charge is 0.486 e. The molecule has 1 fully saturated rings. The molecule has 2 heterocycles. The highest BCUT2D eigenvalue weighted by Crippen LogP contribution is 2.47. The van der Waals surface area contributed by atoms with E-state index in [1.165, 1.54) is 0 Å². The average Bonchev–Trinajstić information content (AvgIpc) is 3.54. The molecule has 0 bridgehead atoms. The maximum absolute atomic E-state index is 13.8. The van der Waals surface area contributed by atoms with Gasteiger partial charge in [0.1, 0.15) is 13.2 Å². The van der Waals surface area contributed by atoms with Gasteiger partial charge < -0.3 is 24.5 Å². The zero-order valence-corrected chi connectivity index (χ0v) is 20.0. The molecule has 3 aromatic carbocycles. The molecule has 1 aromatic heterocycles. The first-order valence-corrected chi connectivity index (χ1v) is 12.1. The van der Waals surface area contributed by atoms with Crippen LogP contribution in [0, 0.1) is 0 Å². The molecule has 4 aromatic rings. The fraction of sp³-hybridized carbons (Fsp3) is 0.214. The summed E-state index contributed by atoms with van der Waals surface area (Å²) in [6, 6.07) is 18.0. The number of ether oxygens (including phenoxy) is 2. The number of hydrogen-bond donors (Lipinski definition) is 2. The lowest BCUT2D eigenvalue weighted by Crippen LogP contribution is -2.35. The van der Waals surface area contributed by atoms with E-state index < -0.39 is 11.5 Å². The third-order valence-electron chi connectivity index (χ3n) is 6.82. The monoisotopic (exact) mass is 502 g/mol. The van der Waals surface area contributed by atoms with Crippen molar-refractivity contribution in [1.29, 1.82) is 0 Å². The zero-order valence-electron chi connectivity index (χ0n) is 19.3. The average molecular weight is 503 g/mol. The highest BCUT2D eigenvalue weighted by Gasteiger charge is 2.46. The summed E-state index contributed by atoms with van der Waals surface area (Å²) in [5, 5.41) is 13.9. The molecule has 6 rings (SSSR count). The second kappa shape index (κ2) is 8.60. The lowest BCUT2D eigenvalue weighted by atomic mass is 10.0. The van der Waals surface area contributed by atoms with Crippen molar-refractivity contribution in [3.8, 4) is 11.5 Å². The smallest absolute Gasteiger partial charge is 0.335 e. The molecule has 182 valence electrons. The van der Waals surface area contributed by atoms with E-state index in [0.717, 1.165) is 34.9 Å². The van der Waals surface area contributed by atoms with E-state index >= 15 is 0 Å². The molecule has 2 N–H and O–H groups in total. The zero-order chi connectivity index (χ0) is 24.9. The van der Waals surface area contributed by atoms with E-state index in [0.29, 0.717) is 41.8 Å². The third-order valence-corrected chi connectivity index (χ3v) is 7.06. The van der Waals surface area contributed by atoms with Gasteiger partial charge >= 0.3 is 5.97 Å². The van der Waals surface area contributed by atoms with Crippen LogP contribution in [-0.2, 0) is 12.1 Å². The first kappa shape index (κ1) is 22.5. The number of halogens is 1. The molecule has 8 heteroatoms. The van der Waals surface area contributed by atoms with Gasteiger partial charge in [0.15, 0.2) is 11.5 Å². The highest BCUT2D eigenvalue weighted by molar-refractivity contribution is 6.30. The number of hydrogen-bond acceptors (Lipinski definition) is 4. The topological polar surface area (TPSA) is 89.8 Å². The van der Waals surface area contributed by atoms with Gasteiger partial charge in [-0.15, -0.1) is 0 Å². The molecular formula is C28H23ClN2O5. The Bertz CT molecular complexity index is 1500. The Morgan fingerprint density at radius 1 is 1.03 bits per heavy atom. The maximum Gasteiger partial charge on any atom is 0.335 e. The van der Waals surface area contributed by atoms with Crippen LogP contribution in [0.4, 0.5) is 0 Å². The second-order valence-electron chi connectivity index (χ2n) is 9.20. The standard InChI is InChI=1S/C28H23ClN2O5/c29-20-3-1-2-17(14-20)16-31-11-8-21-24(31)22(15-23-25(21)36-13-12-35-23)26(32)30-28(9-10-28)19-6-4-18(5-7-19)27(33)34/h1-8,11,14-15H,9-10,12-13,16H2,(H,30,32)(H,33,34). The summed E-state index contributed by atoms with van der Waals surface area (Å²) >= 11 is 6.20. The molecule has 7 nitrogen and oxygen atoms in total. The summed E-state index contributed by atoms with van der Waals surface area (Å²) in [5.41, 5.74) is 2.86. The molecule has 1 saturated carbocycles. The molecule has 1 aliphatic heterocycles. The van der Waals surface area contributed by atoms with Gasteiger partial charge in [0.2, 0.25) is 0 Å². The summed E-state index contributed by atoms with van der Waals surface area (Å²) < 4.78 is 13.8. The van der Waals surface area contributed by atoms with Crippen LogP contribution in [0.25, 0.3) is 10.9 Å². The minimum atomic E-state index is -0.977. The van der Waals surface area contributed by atoms with Crippen LogP contribution in [0.2, 0.25) is 5.02 Å². The molecule has 1 aliphatic carbocycles. The van der Waals surface area contributed by atoms with E-state index in [1.807, 2.05) is 41.1 Å². The van der Waals surface area contributed by atoms with Crippen molar-refractivity contribution >= 4 is 34.4 Å². The van der Waals surface area contributed by atoms with Gasteiger partial charge in [-0.05, 0) is 60.4 Å². The van der Waals surface area contributed by atoms with Crippen molar-refractivity contribution in [2.45, 2.75) is 24.9 Å². The van der Waals surface area contributed by atoms with E-state index in [-0.39, 0.29) is 11.5 Å². The van der Waals surface area contributed by atoms with Crippen molar-refractivity contribution in [2.24, 2.45) is 0 Å². The Labute approximate surface area is 212 Å². The molecule has 0 spiro atoms. The van der Waals surface area contributed by atoms with Crippen LogP contribution < -0.4 is 14.8 Å². The third kappa shape index (κ3) is 3.95. The molecule has 0 atom stereocenters. The van der Waals surface area contributed by atoms with E-state index in [4.69, 9.17) is 21.1 Å². The van der Waals surface area contributed by atoms with Gasteiger partial charge in [-0.2, -0.15) is 0 Å². The molecular weight excluding hydrogens is 480 g/mol. The fourth-order valence-electron chi connectivity index (χ4n) is 4.87. The number of benzene rings is 3. The Morgan fingerprint density at radius 3 is 2.53 bits per heavy atom. The number of aromatic carboxylic acids is 1. The molecule has 0 unspecified atom stereocenters. The molecule has 1 amide bonds. The molecule has 2 aliphatic rings. The SMILES string of the molecule is O=C(O)c1ccc(C2(NC(=O)c3cc4c(c5ccn(Cc6cccc(Cl)c6)c35)OCCO4)CC2)cc1. The lowest BCUT2D eigenvalue weighted by Gasteiger charge is -2.23. The number of amides is 1. The number of carboxylic acids is 1. The quantitative estimate of drug-likeness (QED) is 0.377. The van der Waals surface area contributed by atoms with E-state index in [2.05, 4.69) is 5.32 Å². The minimum absolute atomic E-state index is 0.216. The Hall–Kier alpha value is -3.97. The van der Waals surface area contributed by atoms with Crippen LogP contribution in [0.5, 0.6) is 11.5 Å². The fourth-order valence-corrected chi connectivity index (χ4v) is 5.08. The predicted molar refractivity (Wildman–Crippen MR) is 135 cm³/mol. The molecule has 36 heavy (non-hydrogen) atoms. The van der Waals surface area contributed by atoms with Crippen LogP contribution >= 0.6 is 11.6 Å².